The average Bonchev–Trinajstić information content (AvgIpc) is 3.30. The summed E-state index contributed by atoms with van der Waals surface area (Å²) in [5.74, 6) is -8.25. The number of aliphatic hydroxyl groups excluding tert-OH is 3. The molecular formula is C52H81NO14. The molecule has 1 amide bonds. The number of carbonyl (C=O) groups excluding carboxylic acids is 5. The molecule has 15 atom stereocenters. The maximum absolute atomic E-state index is 14.4. The van der Waals surface area contributed by atoms with Gasteiger partial charge in [0.25, 0.3) is 11.7 Å². The molecule has 1 saturated carbocycles. The summed E-state index contributed by atoms with van der Waals surface area (Å²) in [7, 11) is 2.93. The van der Waals surface area contributed by atoms with E-state index in [1.54, 1.807) is 40.9 Å². The Hall–Kier alpha value is -3.41. The van der Waals surface area contributed by atoms with Crippen LogP contribution in [-0.2, 0) is 47.7 Å². The fourth-order valence-corrected chi connectivity index (χ4v) is 10.2. The molecule has 0 radical (unpaired) electrons. The highest BCUT2D eigenvalue weighted by molar-refractivity contribution is 6.39. The first-order valence-corrected chi connectivity index (χ1v) is 24.6. The van der Waals surface area contributed by atoms with Crippen molar-refractivity contribution in [2.24, 2.45) is 35.5 Å². The van der Waals surface area contributed by atoms with Crippen LogP contribution in [0.1, 0.15) is 126 Å². The number of esters is 1. The van der Waals surface area contributed by atoms with E-state index in [0.717, 1.165) is 5.57 Å². The third kappa shape index (κ3) is 15.3. The molecule has 3 fully saturated rings. The lowest BCUT2D eigenvalue weighted by Crippen LogP contribution is -2.61. The number of rotatable bonds is 8. The highest BCUT2D eigenvalue weighted by Crippen LogP contribution is 2.38. The van der Waals surface area contributed by atoms with E-state index in [1.165, 1.54) is 12.0 Å². The predicted octanol–water partition coefficient (Wildman–Crippen LogP) is 5.54. The van der Waals surface area contributed by atoms with Crippen LogP contribution in [-0.4, -0.2) is 143 Å². The van der Waals surface area contributed by atoms with Crippen molar-refractivity contribution in [2.75, 3.05) is 34.0 Å². The SMILES string of the molecule is CO[C@@H]1C[C@H](C[C@@H](C)[C@@H]2CC(=O)[C@H](C)/C=C(\C)[C@@H](O)[C@@H](OC)C(=O)[C@H](C)C[C@H](C)/C=C/C=C/C=C(\C)[C@@H](OCCO)C[C@@H]3CC[C@@H](C)[C@@](O)(O3)C(=O)C(=O)N3CCCC[C@H]3C(=O)O2)CC[C@H]1O. The van der Waals surface area contributed by atoms with Crippen LogP contribution in [0.4, 0.5) is 0 Å². The summed E-state index contributed by atoms with van der Waals surface area (Å²) < 4.78 is 29.6. The average molecular weight is 944 g/mol. The largest absolute Gasteiger partial charge is 0.460 e. The Bertz CT molecular complexity index is 1790. The molecule has 0 spiro atoms. The lowest BCUT2D eigenvalue weighted by atomic mass is 9.78. The number of cyclic esters (lactones) is 1. The van der Waals surface area contributed by atoms with E-state index in [0.29, 0.717) is 63.4 Å². The van der Waals surface area contributed by atoms with Gasteiger partial charge in [0.15, 0.2) is 5.78 Å². The van der Waals surface area contributed by atoms with Gasteiger partial charge in [-0.15, -0.1) is 0 Å². The lowest BCUT2D eigenvalue weighted by molar-refractivity contribution is -0.266. The number of methoxy groups -OCH3 is 2. The third-order valence-electron chi connectivity index (χ3n) is 14.6. The van der Waals surface area contributed by atoms with Gasteiger partial charge in [0.05, 0.1) is 37.6 Å². The van der Waals surface area contributed by atoms with E-state index >= 15 is 0 Å². The van der Waals surface area contributed by atoms with Gasteiger partial charge >= 0.3 is 5.97 Å². The molecule has 378 valence electrons. The molecule has 3 heterocycles. The third-order valence-corrected chi connectivity index (χ3v) is 14.6. The Kier molecular flexibility index (Phi) is 22.3. The van der Waals surface area contributed by atoms with Gasteiger partial charge in [0.1, 0.15) is 30.1 Å². The first-order chi connectivity index (χ1) is 31.7. The Morgan fingerprint density at radius 3 is 2.30 bits per heavy atom. The second kappa shape index (κ2) is 26.5. The molecule has 3 aliphatic heterocycles. The minimum absolute atomic E-state index is 0.00947. The zero-order valence-corrected chi connectivity index (χ0v) is 41.5. The zero-order valence-electron chi connectivity index (χ0n) is 41.5. The minimum Gasteiger partial charge on any atom is -0.460 e. The van der Waals surface area contributed by atoms with Gasteiger partial charge in [0.2, 0.25) is 5.79 Å². The highest BCUT2D eigenvalue weighted by Gasteiger charge is 2.53. The van der Waals surface area contributed by atoms with E-state index < -0.39 is 83.9 Å². The predicted molar refractivity (Wildman–Crippen MR) is 251 cm³/mol. The number of ketones is 3. The molecule has 0 aromatic carbocycles. The van der Waals surface area contributed by atoms with E-state index in [2.05, 4.69) is 0 Å². The van der Waals surface area contributed by atoms with Crippen LogP contribution in [0.2, 0.25) is 0 Å². The fourth-order valence-electron chi connectivity index (χ4n) is 10.2. The number of amides is 1. The summed E-state index contributed by atoms with van der Waals surface area (Å²) in [4.78, 5) is 72.0. The summed E-state index contributed by atoms with van der Waals surface area (Å²) in [6, 6.07) is -1.16. The fraction of sp³-hybridized carbons (Fsp3) is 0.750. The molecule has 15 heteroatoms. The molecule has 4 aliphatic rings. The Morgan fingerprint density at radius 1 is 0.881 bits per heavy atom. The Labute approximate surface area is 398 Å². The van der Waals surface area contributed by atoms with Gasteiger partial charge < -0.3 is 49.0 Å². The molecular weight excluding hydrogens is 863 g/mol. The molecule has 4 N–H and O–H groups in total. The standard InChI is InChI=1S/C52H81NO14/c1-31-15-11-10-12-16-32(2)43(65-24-23-54)29-39-20-18-37(7)52(62,67-39)49(59)50(60)53-22-14-13-17-40(53)51(61)66-44(34(4)27-38-19-21-41(55)45(28-38)63-8)30-42(56)33(3)26-36(6)47(58)48(64-9)46(57)35(5)25-31/h10-12,15-16,26,31,33-35,37-41,43-45,47-48,54-55,58,62H,13-14,17-25,27-30H2,1-9H3/b12-10+,15-11+,32-16+,36-26+/t31-,33-,34-,35-,37-,38+,39+,40+,41-,43+,44+,45-,47-,48+,52-/m1/s1. The van der Waals surface area contributed by atoms with Crippen LogP contribution in [0.15, 0.2) is 47.6 Å². The molecule has 1 aliphatic carbocycles. The van der Waals surface area contributed by atoms with Crippen molar-refractivity contribution in [1.29, 1.82) is 0 Å². The molecule has 2 bridgehead atoms. The number of hydrogen-bond donors (Lipinski definition) is 4. The number of carbonyl (C=O) groups is 5. The first kappa shape index (κ1) is 56.2. The molecule has 4 rings (SSSR count). The van der Waals surface area contributed by atoms with Crippen LogP contribution in [0.5, 0.6) is 0 Å². The Morgan fingerprint density at radius 2 is 1.61 bits per heavy atom. The zero-order chi connectivity index (χ0) is 49.6. The van der Waals surface area contributed by atoms with Crippen molar-refractivity contribution >= 4 is 29.2 Å². The van der Waals surface area contributed by atoms with Gasteiger partial charge in [-0.25, -0.2) is 4.79 Å². The van der Waals surface area contributed by atoms with Gasteiger partial charge in [-0.1, -0.05) is 71.1 Å². The number of hydrogen-bond acceptors (Lipinski definition) is 14. The quantitative estimate of drug-likeness (QED) is 0.134. The molecule has 67 heavy (non-hydrogen) atoms. The van der Waals surface area contributed by atoms with Crippen molar-refractivity contribution in [1.82, 2.24) is 4.90 Å². The first-order valence-electron chi connectivity index (χ1n) is 24.6. The van der Waals surface area contributed by atoms with Crippen molar-refractivity contribution in [2.45, 2.75) is 180 Å². The van der Waals surface area contributed by atoms with Gasteiger partial charge in [-0.05, 0) is 107 Å². The number of ether oxygens (including phenoxy) is 5. The van der Waals surface area contributed by atoms with Crippen LogP contribution in [0.25, 0.3) is 0 Å². The topological polar surface area (TPSA) is 216 Å². The van der Waals surface area contributed by atoms with E-state index in [1.807, 2.05) is 51.2 Å². The smallest absolute Gasteiger partial charge is 0.329 e. The number of fused-ring (bicyclic) bond motifs is 3. The number of aliphatic hydroxyl groups is 4. The van der Waals surface area contributed by atoms with Crippen molar-refractivity contribution in [3.8, 4) is 0 Å². The summed E-state index contributed by atoms with van der Waals surface area (Å²) in [5.41, 5.74) is 1.17. The van der Waals surface area contributed by atoms with E-state index in [-0.39, 0.29) is 74.4 Å². The van der Waals surface area contributed by atoms with Crippen molar-refractivity contribution < 1.29 is 68.1 Å². The van der Waals surface area contributed by atoms with Crippen molar-refractivity contribution in [3.63, 3.8) is 0 Å². The van der Waals surface area contributed by atoms with E-state index in [9.17, 15) is 44.4 Å². The summed E-state index contributed by atoms with van der Waals surface area (Å²) in [6.07, 6.45) is 10.4. The van der Waals surface area contributed by atoms with Gasteiger partial charge in [-0.2, -0.15) is 0 Å². The van der Waals surface area contributed by atoms with Crippen LogP contribution < -0.4 is 0 Å². The molecule has 0 aromatic rings. The van der Waals surface area contributed by atoms with Crippen molar-refractivity contribution in [3.05, 3.63) is 47.6 Å². The molecule has 0 unspecified atom stereocenters. The number of nitrogens with zero attached hydrogens (tertiary/aromatic N) is 1. The van der Waals surface area contributed by atoms with Crippen LogP contribution in [0.3, 0.4) is 0 Å². The lowest BCUT2D eigenvalue weighted by Gasteiger charge is -2.43. The maximum atomic E-state index is 14.4. The molecule has 0 aromatic heterocycles. The number of Topliss-reactive ketones (excluding diaryl/α,β-unsaturated/α-hetero) is 3. The van der Waals surface area contributed by atoms with Crippen LogP contribution >= 0.6 is 0 Å². The van der Waals surface area contributed by atoms with E-state index in [4.69, 9.17) is 23.7 Å². The summed E-state index contributed by atoms with van der Waals surface area (Å²) >= 11 is 0. The van der Waals surface area contributed by atoms with Gasteiger partial charge in [0, 0.05) is 51.4 Å². The Balaban J connectivity index is 1.72. The summed E-state index contributed by atoms with van der Waals surface area (Å²) in [5, 5.41) is 43.5. The monoisotopic (exact) mass is 944 g/mol. The minimum atomic E-state index is -2.48. The summed E-state index contributed by atoms with van der Waals surface area (Å²) in [6.45, 7) is 12.4. The highest BCUT2D eigenvalue weighted by atomic mass is 16.6. The normalized spacial score (nSPS) is 39.6. The molecule has 15 nitrogen and oxygen atoms in total. The maximum Gasteiger partial charge on any atom is 0.329 e. The van der Waals surface area contributed by atoms with Crippen LogP contribution in [0, 0.1) is 35.5 Å². The second-order valence-corrected chi connectivity index (χ2v) is 19.9. The number of allylic oxidation sites excluding steroid dienone is 6. The molecule has 2 saturated heterocycles. The number of piperidine rings is 1. The van der Waals surface area contributed by atoms with Gasteiger partial charge in [-0.3, -0.25) is 19.2 Å². The second-order valence-electron chi connectivity index (χ2n) is 19.9.